The summed E-state index contributed by atoms with van der Waals surface area (Å²) in [6.45, 7) is 2.55. The smallest absolute Gasteiger partial charge is 0.0197 e. The summed E-state index contributed by atoms with van der Waals surface area (Å²) in [5.74, 6) is 0. The molecule has 0 bridgehead atoms. The molecule has 0 saturated carbocycles. The number of allylic oxidation sites excluding steroid dienone is 1. The minimum absolute atomic E-state index is 0.145. The van der Waals surface area contributed by atoms with Gasteiger partial charge in [0, 0.05) is 12.6 Å². The molecule has 1 unspecified atom stereocenters. The molecule has 2 heteroatoms. The van der Waals surface area contributed by atoms with Crippen LogP contribution in [0.25, 0.3) is 0 Å². The maximum Gasteiger partial charge on any atom is 0.0197 e. The van der Waals surface area contributed by atoms with E-state index in [2.05, 4.69) is 0 Å². The fraction of sp³-hybridized carbons (Fsp3) is 0.667. The number of rotatable bonds is 3. The van der Waals surface area contributed by atoms with Crippen molar-refractivity contribution in [3.05, 3.63) is 12.2 Å². The molecule has 0 aliphatic carbocycles. The highest BCUT2D eigenvalue weighted by molar-refractivity contribution is 4.81. The van der Waals surface area contributed by atoms with Gasteiger partial charge in [-0.15, -0.1) is 0 Å². The van der Waals surface area contributed by atoms with Crippen molar-refractivity contribution in [2.75, 3.05) is 6.54 Å². The average Bonchev–Trinajstić information content (AvgIpc) is 1.83. The molecule has 0 amide bonds. The Morgan fingerprint density at radius 3 is 2.62 bits per heavy atom. The zero-order valence-corrected chi connectivity index (χ0v) is 5.30. The molecule has 0 heterocycles. The van der Waals surface area contributed by atoms with Gasteiger partial charge in [0.2, 0.25) is 0 Å². The first-order valence-corrected chi connectivity index (χ1v) is 2.88. The van der Waals surface area contributed by atoms with E-state index in [9.17, 15) is 0 Å². The van der Waals surface area contributed by atoms with E-state index < -0.39 is 0 Å². The average molecular weight is 114 g/mol. The van der Waals surface area contributed by atoms with Crippen molar-refractivity contribution in [1.82, 2.24) is 0 Å². The summed E-state index contributed by atoms with van der Waals surface area (Å²) in [6.07, 6.45) is 4.90. The number of hydrogen-bond donors (Lipinski definition) is 2. The summed E-state index contributed by atoms with van der Waals surface area (Å²) < 4.78 is 0. The molecule has 0 aromatic rings. The highest BCUT2D eigenvalue weighted by Crippen LogP contribution is 1.85. The van der Waals surface area contributed by atoms with E-state index >= 15 is 0 Å². The Bertz CT molecular complexity index is 68.9. The Kier molecular flexibility index (Phi) is 4.61. The molecule has 0 fully saturated rings. The van der Waals surface area contributed by atoms with Gasteiger partial charge in [-0.05, 0) is 13.3 Å². The molecule has 4 N–H and O–H groups in total. The molecule has 0 rings (SSSR count). The van der Waals surface area contributed by atoms with Gasteiger partial charge in [-0.2, -0.15) is 0 Å². The van der Waals surface area contributed by atoms with Crippen LogP contribution in [0.15, 0.2) is 12.2 Å². The van der Waals surface area contributed by atoms with Crippen LogP contribution in [0.1, 0.15) is 13.3 Å². The summed E-state index contributed by atoms with van der Waals surface area (Å²) in [5, 5.41) is 0. The van der Waals surface area contributed by atoms with Crippen LogP contribution in [0.5, 0.6) is 0 Å². The molecule has 2 nitrogen and oxygen atoms in total. The molecule has 0 saturated heterocycles. The third-order valence-electron chi connectivity index (χ3n) is 0.977. The monoisotopic (exact) mass is 114 g/mol. The Balaban J connectivity index is 3.10. The lowest BCUT2D eigenvalue weighted by molar-refractivity contribution is 0.693. The molecule has 0 radical (unpaired) electrons. The van der Waals surface area contributed by atoms with E-state index in [1.54, 1.807) is 0 Å². The third kappa shape index (κ3) is 3.84. The topological polar surface area (TPSA) is 52.0 Å². The molecule has 1 atom stereocenters. The van der Waals surface area contributed by atoms with Crippen LogP contribution in [0.2, 0.25) is 0 Å². The second kappa shape index (κ2) is 4.81. The predicted molar refractivity (Wildman–Crippen MR) is 36.5 cm³/mol. The third-order valence-corrected chi connectivity index (χ3v) is 0.977. The fourth-order valence-corrected chi connectivity index (χ4v) is 0.407. The van der Waals surface area contributed by atoms with Gasteiger partial charge in [-0.25, -0.2) is 0 Å². The van der Waals surface area contributed by atoms with E-state index in [0.29, 0.717) is 6.54 Å². The molecule has 0 aliphatic rings. The first kappa shape index (κ1) is 7.66. The maximum absolute atomic E-state index is 5.48. The summed E-state index contributed by atoms with van der Waals surface area (Å²) in [4.78, 5) is 0. The first-order valence-electron chi connectivity index (χ1n) is 2.88. The first-order chi connectivity index (χ1) is 3.81. The molecule has 0 spiro atoms. The lowest BCUT2D eigenvalue weighted by Crippen LogP contribution is -2.28. The van der Waals surface area contributed by atoms with Crippen LogP contribution in [0.4, 0.5) is 0 Å². The fourth-order valence-electron chi connectivity index (χ4n) is 0.407. The molecule has 48 valence electrons. The van der Waals surface area contributed by atoms with Crippen LogP contribution < -0.4 is 11.5 Å². The van der Waals surface area contributed by atoms with Crippen LogP contribution in [0.3, 0.4) is 0 Å². The Morgan fingerprint density at radius 1 is 1.62 bits per heavy atom. The normalized spacial score (nSPS) is 14.9. The summed E-state index contributed by atoms with van der Waals surface area (Å²) in [5.41, 5.74) is 10.7. The van der Waals surface area contributed by atoms with Crippen molar-refractivity contribution < 1.29 is 0 Å². The Labute approximate surface area is 50.6 Å². The zero-order chi connectivity index (χ0) is 6.41. The van der Waals surface area contributed by atoms with Crippen LogP contribution >= 0.6 is 0 Å². The molecule has 0 aromatic heterocycles. The van der Waals surface area contributed by atoms with Gasteiger partial charge in [-0.3, -0.25) is 0 Å². The summed E-state index contributed by atoms with van der Waals surface area (Å²) in [7, 11) is 0. The van der Waals surface area contributed by atoms with Crippen molar-refractivity contribution >= 4 is 0 Å². The molecule has 0 aliphatic heterocycles. The van der Waals surface area contributed by atoms with Crippen molar-refractivity contribution in [3.8, 4) is 0 Å². The van der Waals surface area contributed by atoms with Gasteiger partial charge < -0.3 is 11.5 Å². The van der Waals surface area contributed by atoms with E-state index in [-0.39, 0.29) is 6.04 Å². The molecular weight excluding hydrogens is 100 g/mol. The Morgan fingerprint density at radius 2 is 2.25 bits per heavy atom. The molecular formula is C6H14N2. The zero-order valence-electron chi connectivity index (χ0n) is 5.30. The standard InChI is InChI=1S/C6H14N2/c1-2-3-4-6(8)5-7/h2-3,6H,4-5,7-8H2,1H3/b3-2+. The number of nitrogens with two attached hydrogens (primary N) is 2. The van der Waals surface area contributed by atoms with Gasteiger partial charge >= 0.3 is 0 Å². The van der Waals surface area contributed by atoms with Gasteiger partial charge in [0.25, 0.3) is 0 Å². The summed E-state index contributed by atoms with van der Waals surface area (Å²) >= 11 is 0. The highest BCUT2D eigenvalue weighted by Gasteiger charge is 1.91. The number of hydrogen-bond acceptors (Lipinski definition) is 2. The second-order valence-electron chi connectivity index (χ2n) is 1.80. The minimum Gasteiger partial charge on any atom is -0.329 e. The quantitative estimate of drug-likeness (QED) is 0.516. The van der Waals surface area contributed by atoms with Gasteiger partial charge in [-0.1, -0.05) is 12.2 Å². The van der Waals surface area contributed by atoms with Crippen LogP contribution in [0, 0.1) is 0 Å². The van der Waals surface area contributed by atoms with Crippen LogP contribution in [-0.4, -0.2) is 12.6 Å². The largest absolute Gasteiger partial charge is 0.329 e. The van der Waals surface area contributed by atoms with Gasteiger partial charge in [0.15, 0.2) is 0 Å². The minimum atomic E-state index is 0.145. The van der Waals surface area contributed by atoms with Crippen molar-refractivity contribution in [1.29, 1.82) is 0 Å². The predicted octanol–water partition coefficient (Wildman–Crippen LogP) is 0.239. The van der Waals surface area contributed by atoms with Gasteiger partial charge in [0.1, 0.15) is 0 Å². The molecule has 8 heavy (non-hydrogen) atoms. The maximum atomic E-state index is 5.48. The van der Waals surface area contributed by atoms with Crippen molar-refractivity contribution in [2.24, 2.45) is 11.5 Å². The van der Waals surface area contributed by atoms with Crippen molar-refractivity contribution in [3.63, 3.8) is 0 Å². The lowest BCUT2D eigenvalue weighted by atomic mass is 10.2. The SMILES string of the molecule is C/C=C/CC(N)CN. The second-order valence-corrected chi connectivity index (χ2v) is 1.80. The van der Waals surface area contributed by atoms with Crippen LogP contribution in [-0.2, 0) is 0 Å². The van der Waals surface area contributed by atoms with E-state index in [1.165, 1.54) is 0 Å². The van der Waals surface area contributed by atoms with Crippen molar-refractivity contribution in [2.45, 2.75) is 19.4 Å². The van der Waals surface area contributed by atoms with E-state index in [0.717, 1.165) is 6.42 Å². The Hall–Kier alpha value is -0.340. The lowest BCUT2D eigenvalue weighted by Gasteiger charge is -2.01. The summed E-state index contributed by atoms with van der Waals surface area (Å²) in [6, 6.07) is 0.145. The van der Waals surface area contributed by atoms with E-state index in [1.807, 2.05) is 19.1 Å². The van der Waals surface area contributed by atoms with Gasteiger partial charge in [0.05, 0.1) is 0 Å². The molecule has 0 aromatic carbocycles. The van der Waals surface area contributed by atoms with E-state index in [4.69, 9.17) is 11.5 Å². The highest BCUT2D eigenvalue weighted by atomic mass is 14.7.